The molecule has 0 saturated heterocycles. The van der Waals surface area contributed by atoms with E-state index < -0.39 is 8.32 Å². The number of hydrogen-bond acceptors (Lipinski definition) is 3. The van der Waals surface area contributed by atoms with E-state index in [4.69, 9.17) is 9.92 Å². The molecule has 0 unspecified atom stereocenters. The van der Waals surface area contributed by atoms with Gasteiger partial charge in [0.2, 0.25) is 8.32 Å². The standard InChI is InChI=1S/C14H24N3OSi/c1-14(2,3)19(4,5)18-17(16-15)12-11-13-9-7-6-8-10-13/h6-10H,11-12H2,1-5H3/q+1. The van der Waals surface area contributed by atoms with E-state index in [9.17, 15) is 0 Å². The third-order valence-corrected chi connectivity index (χ3v) is 7.95. The third-order valence-electron chi connectivity index (χ3n) is 3.67. The lowest BCUT2D eigenvalue weighted by atomic mass is 10.2. The van der Waals surface area contributed by atoms with Crippen molar-refractivity contribution in [3.05, 3.63) is 41.0 Å². The Bertz CT molecular complexity index is 434. The lowest BCUT2D eigenvalue weighted by Crippen LogP contribution is -2.45. The predicted molar refractivity (Wildman–Crippen MR) is 80.2 cm³/mol. The molecule has 0 spiro atoms. The van der Waals surface area contributed by atoms with Gasteiger partial charge >= 0.3 is 5.08 Å². The van der Waals surface area contributed by atoms with E-state index in [1.165, 1.54) is 10.7 Å². The number of nitrogens with zero attached hydrogens (tertiary/aromatic N) is 3. The first-order valence-corrected chi connectivity index (χ1v) is 9.53. The highest BCUT2D eigenvalue weighted by Gasteiger charge is 2.42. The fraction of sp³-hybridized carbons (Fsp3) is 0.571. The lowest BCUT2D eigenvalue weighted by Gasteiger charge is -2.34. The van der Waals surface area contributed by atoms with Crippen LogP contribution >= 0.6 is 0 Å². The van der Waals surface area contributed by atoms with Gasteiger partial charge in [0.05, 0.1) is 5.17 Å². The highest BCUT2D eigenvalue weighted by atomic mass is 28.4. The smallest absolute Gasteiger partial charge is 0.259 e. The van der Waals surface area contributed by atoms with Crippen LogP contribution in [0.15, 0.2) is 30.3 Å². The molecule has 1 aromatic rings. The topological polar surface area (TPSA) is 40.6 Å². The summed E-state index contributed by atoms with van der Waals surface area (Å²) in [6.45, 7) is 11.3. The number of hydroxylamine groups is 1. The molecule has 0 bridgehead atoms. The van der Waals surface area contributed by atoms with Gasteiger partial charge in [0, 0.05) is 0 Å². The summed E-state index contributed by atoms with van der Waals surface area (Å²) >= 11 is 0. The van der Waals surface area contributed by atoms with Crippen LogP contribution in [-0.4, -0.2) is 20.0 Å². The van der Waals surface area contributed by atoms with Crippen LogP contribution in [0.1, 0.15) is 26.3 Å². The van der Waals surface area contributed by atoms with Crippen LogP contribution in [-0.2, 0) is 10.9 Å². The van der Waals surface area contributed by atoms with Crippen LogP contribution in [0.3, 0.4) is 0 Å². The number of rotatable bonds is 5. The number of diazo groups is 1. The summed E-state index contributed by atoms with van der Waals surface area (Å²) < 4.78 is 5.93. The van der Waals surface area contributed by atoms with Crippen molar-refractivity contribution in [3.8, 4) is 0 Å². The second-order valence-electron chi connectivity index (χ2n) is 6.25. The van der Waals surface area contributed by atoms with E-state index in [1.54, 1.807) is 0 Å². The summed E-state index contributed by atoms with van der Waals surface area (Å²) in [6.07, 6.45) is 0.791. The lowest BCUT2D eigenvalue weighted by molar-refractivity contribution is -0.0290. The molecule has 0 radical (unpaired) electrons. The van der Waals surface area contributed by atoms with E-state index >= 15 is 0 Å². The number of hydrogen-bond donors (Lipinski definition) is 0. The van der Waals surface area contributed by atoms with Crippen molar-refractivity contribution in [2.24, 2.45) is 0 Å². The minimum absolute atomic E-state index is 0.0860. The number of benzene rings is 1. The van der Waals surface area contributed by atoms with Crippen molar-refractivity contribution in [1.29, 1.82) is 5.39 Å². The molecular weight excluding hydrogens is 254 g/mol. The first-order chi connectivity index (χ1) is 8.76. The Kier molecular flexibility index (Phi) is 5.09. The molecule has 0 aliphatic heterocycles. The van der Waals surface area contributed by atoms with Gasteiger partial charge in [-0.15, -0.1) is 0 Å². The van der Waals surface area contributed by atoms with Crippen molar-refractivity contribution in [2.75, 3.05) is 6.54 Å². The van der Waals surface area contributed by atoms with Gasteiger partial charge in [0.1, 0.15) is 6.54 Å². The fourth-order valence-electron chi connectivity index (χ4n) is 1.38. The quantitative estimate of drug-likeness (QED) is 0.459. The van der Waals surface area contributed by atoms with Crippen molar-refractivity contribution >= 4 is 8.32 Å². The van der Waals surface area contributed by atoms with E-state index in [1.807, 2.05) is 18.2 Å². The van der Waals surface area contributed by atoms with E-state index in [2.05, 4.69) is 51.1 Å². The van der Waals surface area contributed by atoms with Crippen LogP contribution in [0.2, 0.25) is 18.1 Å². The minimum atomic E-state index is -1.95. The van der Waals surface area contributed by atoms with Crippen LogP contribution < -0.4 is 0 Å². The van der Waals surface area contributed by atoms with Gasteiger partial charge in [0.25, 0.3) is 5.39 Å². The monoisotopic (exact) mass is 278 g/mol. The van der Waals surface area contributed by atoms with Crippen molar-refractivity contribution < 1.29 is 4.53 Å². The average molecular weight is 278 g/mol. The minimum Gasteiger partial charge on any atom is -0.259 e. The summed E-state index contributed by atoms with van der Waals surface area (Å²) in [7, 11) is -1.95. The van der Waals surface area contributed by atoms with Crippen LogP contribution in [0.4, 0.5) is 0 Å². The summed E-state index contributed by atoms with van der Waals surface area (Å²) in [5.74, 6) is 0. The molecule has 1 rings (SSSR count). The van der Waals surface area contributed by atoms with E-state index in [0.29, 0.717) is 6.54 Å². The molecule has 5 heteroatoms. The highest BCUT2D eigenvalue weighted by molar-refractivity contribution is 6.74. The molecular formula is C14H24N3OSi+. The van der Waals surface area contributed by atoms with Gasteiger partial charge in [-0.05, 0) is 30.1 Å². The average Bonchev–Trinajstić information content (AvgIpc) is 2.34. The normalized spacial score (nSPS) is 12.0. The van der Waals surface area contributed by atoms with Gasteiger partial charge < -0.3 is 0 Å². The van der Waals surface area contributed by atoms with Gasteiger partial charge in [-0.25, -0.2) is 0 Å². The van der Waals surface area contributed by atoms with Crippen molar-refractivity contribution in [2.45, 2.75) is 45.3 Å². The maximum absolute atomic E-state index is 9.08. The Labute approximate surface area is 117 Å². The van der Waals surface area contributed by atoms with E-state index in [0.717, 1.165) is 6.42 Å². The van der Waals surface area contributed by atoms with E-state index in [-0.39, 0.29) is 5.04 Å². The molecule has 4 nitrogen and oxygen atoms in total. The molecule has 0 aromatic heterocycles. The molecule has 0 heterocycles. The Morgan fingerprint density at radius 3 is 2.26 bits per heavy atom. The fourth-order valence-corrected chi connectivity index (χ4v) is 2.31. The van der Waals surface area contributed by atoms with Crippen LogP contribution in [0.5, 0.6) is 0 Å². The maximum Gasteiger partial charge on any atom is 0.333 e. The Hall–Kier alpha value is -1.38. The summed E-state index contributed by atoms with van der Waals surface area (Å²) in [4.78, 5) is 0. The largest absolute Gasteiger partial charge is 0.333 e. The zero-order valence-electron chi connectivity index (χ0n) is 12.6. The second-order valence-corrected chi connectivity index (χ2v) is 11.0. The molecule has 0 aliphatic carbocycles. The molecule has 0 aliphatic rings. The SMILES string of the molecule is CC(C)(C)[Si](C)(C)ON(CCc1ccccc1)[N+]#N. The zero-order valence-corrected chi connectivity index (χ0v) is 13.6. The van der Waals surface area contributed by atoms with Crippen LogP contribution in [0, 0.1) is 5.39 Å². The molecule has 1 aromatic carbocycles. The predicted octanol–water partition coefficient (Wildman–Crippen LogP) is 4.24. The first-order valence-electron chi connectivity index (χ1n) is 6.62. The summed E-state index contributed by atoms with van der Waals surface area (Å²) in [6, 6.07) is 10.1. The second kappa shape index (κ2) is 6.18. The molecule has 0 N–H and O–H groups in total. The molecule has 104 valence electrons. The summed E-state index contributed by atoms with van der Waals surface area (Å²) in [5, 5.41) is 13.7. The zero-order chi connectivity index (χ0) is 14.5. The Morgan fingerprint density at radius 1 is 1.21 bits per heavy atom. The first kappa shape index (κ1) is 15.7. The molecule has 19 heavy (non-hydrogen) atoms. The molecule has 0 amide bonds. The van der Waals surface area contributed by atoms with Crippen molar-refractivity contribution in [3.63, 3.8) is 0 Å². The molecule has 0 atom stereocenters. The van der Waals surface area contributed by atoms with Gasteiger partial charge in [0.15, 0.2) is 0 Å². The van der Waals surface area contributed by atoms with Crippen molar-refractivity contribution in [1.82, 2.24) is 5.17 Å². The Morgan fingerprint density at radius 2 is 1.79 bits per heavy atom. The van der Waals surface area contributed by atoms with Crippen LogP contribution in [0.25, 0.3) is 5.08 Å². The third kappa shape index (κ3) is 4.65. The van der Waals surface area contributed by atoms with Gasteiger partial charge in [-0.3, -0.25) is 4.53 Å². The van der Waals surface area contributed by atoms with Gasteiger partial charge in [-0.2, -0.15) is 0 Å². The molecule has 0 saturated carbocycles. The Balaban J connectivity index is 2.59. The van der Waals surface area contributed by atoms with Gasteiger partial charge in [-0.1, -0.05) is 51.1 Å². The molecule has 0 fully saturated rings. The summed E-state index contributed by atoms with van der Waals surface area (Å²) in [5.41, 5.74) is 1.20. The maximum atomic E-state index is 9.08. The highest BCUT2D eigenvalue weighted by Crippen LogP contribution is 2.37.